The maximum Gasteiger partial charge on any atom is 0.269 e. The first kappa shape index (κ1) is 19.4. The summed E-state index contributed by atoms with van der Waals surface area (Å²) >= 11 is 5.91. The van der Waals surface area contributed by atoms with Crippen molar-refractivity contribution in [1.29, 1.82) is 0 Å². The summed E-state index contributed by atoms with van der Waals surface area (Å²) in [5.41, 5.74) is 1.78. The smallest absolute Gasteiger partial charge is 0.269 e. The first-order chi connectivity index (χ1) is 13.6. The van der Waals surface area contributed by atoms with Crippen LogP contribution in [0.5, 0.6) is 0 Å². The van der Waals surface area contributed by atoms with Crippen molar-refractivity contribution in [2.75, 3.05) is 31.1 Å². The zero-order valence-corrected chi connectivity index (χ0v) is 16.6. The molecule has 0 spiro atoms. The van der Waals surface area contributed by atoms with Gasteiger partial charge in [-0.1, -0.05) is 11.6 Å². The van der Waals surface area contributed by atoms with Crippen LogP contribution in [0.4, 0.5) is 5.69 Å². The second-order valence-electron chi connectivity index (χ2n) is 7.71. The number of halogens is 1. The van der Waals surface area contributed by atoms with Crippen molar-refractivity contribution in [1.82, 2.24) is 19.7 Å². The van der Waals surface area contributed by atoms with Gasteiger partial charge >= 0.3 is 0 Å². The molecule has 2 aliphatic rings. The van der Waals surface area contributed by atoms with Gasteiger partial charge in [0, 0.05) is 38.4 Å². The molecule has 4 heterocycles. The van der Waals surface area contributed by atoms with Crippen LogP contribution in [0.2, 0.25) is 5.02 Å². The minimum Gasteiger partial charge on any atom is -0.393 e. The largest absolute Gasteiger partial charge is 0.393 e. The molecular weight excluding hydrogens is 378 g/mol. The normalized spacial score (nSPS) is 21.8. The van der Waals surface area contributed by atoms with Gasteiger partial charge in [-0.25, -0.2) is 4.68 Å². The molecule has 7 nitrogen and oxygen atoms in total. The molecule has 0 aliphatic carbocycles. The van der Waals surface area contributed by atoms with E-state index in [9.17, 15) is 9.90 Å². The molecule has 0 aromatic carbocycles. The van der Waals surface area contributed by atoms with E-state index in [4.69, 9.17) is 11.6 Å². The Bertz CT molecular complexity index is 848. The van der Waals surface area contributed by atoms with E-state index in [1.165, 1.54) is 0 Å². The van der Waals surface area contributed by atoms with Gasteiger partial charge in [0.25, 0.3) is 5.56 Å². The summed E-state index contributed by atoms with van der Waals surface area (Å²) in [6.45, 7) is 4.04. The van der Waals surface area contributed by atoms with E-state index < -0.39 is 0 Å². The van der Waals surface area contributed by atoms with Gasteiger partial charge in [-0.2, -0.15) is 5.10 Å². The highest BCUT2D eigenvalue weighted by atomic mass is 35.5. The average Bonchev–Trinajstić information content (AvgIpc) is 2.70. The van der Waals surface area contributed by atoms with E-state index in [1.54, 1.807) is 23.1 Å². The van der Waals surface area contributed by atoms with Gasteiger partial charge in [0.05, 0.1) is 34.7 Å². The minimum atomic E-state index is -0.229. The van der Waals surface area contributed by atoms with Crippen molar-refractivity contribution in [3.05, 3.63) is 51.7 Å². The molecule has 2 aliphatic heterocycles. The summed E-state index contributed by atoms with van der Waals surface area (Å²) in [6.07, 6.45) is 6.68. The third kappa shape index (κ3) is 4.54. The molecule has 2 aromatic rings. The fourth-order valence-corrected chi connectivity index (χ4v) is 4.19. The zero-order chi connectivity index (χ0) is 19.5. The van der Waals surface area contributed by atoms with Gasteiger partial charge < -0.3 is 10.0 Å². The van der Waals surface area contributed by atoms with Crippen molar-refractivity contribution >= 4 is 17.3 Å². The Labute approximate surface area is 169 Å². The van der Waals surface area contributed by atoms with Gasteiger partial charge in [0.15, 0.2) is 0 Å². The first-order valence-electron chi connectivity index (χ1n) is 9.93. The highest BCUT2D eigenvalue weighted by Crippen LogP contribution is 2.22. The summed E-state index contributed by atoms with van der Waals surface area (Å²) in [7, 11) is 0. The van der Waals surface area contributed by atoms with Crippen LogP contribution in [-0.4, -0.2) is 57.1 Å². The monoisotopic (exact) mass is 403 g/mol. The fraction of sp³-hybridized carbons (Fsp3) is 0.550. The van der Waals surface area contributed by atoms with Crippen LogP contribution in [0.3, 0.4) is 0 Å². The molecular formula is C20H26ClN5O2. The van der Waals surface area contributed by atoms with Gasteiger partial charge in [0.1, 0.15) is 0 Å². The molecule has 0 radical (unpaired) electrons. The van der Waals surface area contributed by atoms with Crippen LogP contribution in [0.15, 0.2) is 35.4 Å². The van der Waals surface area contributed by atoms with E-state index >= 15 is 0 Å². The Morgan fingerprint density at radius 1 is 1.14 bits per heavy atom. The molecule has 1 atom stereocenters. The number of aliphatic hydroxyl groups excluding tert-OH is 1. The number of hydrogen-bond donors (Lipinski definition) is 1. The SMILES string of the molecule is O=c1cc(N2CCC(O)CC2)cnn1[C@H]1CCCN(Cc2ccc(Cl)cn2)C1. The summed E-state index contributed by atoms with van der Waals surface area (Å²) < 4.78 is 1.63. The summed E-state index contributed by atoms with van der Waals surface area (Å²) in [5, 5.41) is 14.8. The maximum atomic E-state index is 12.7. The number of hydrogen-bond acceptors (Lipinski definition) is 6. The molecule has 2 saturated heterocycles. The van der Waals surface area contributed by atoms with Gasteiger partial charge in [0.2, 0.25) is 0 Å². The Hall–Kier alpha value is -1.96. The molecule has 4 rings (SSSR count). The highest BCUT2D eigenvalue weighted by Gasteiger charge is 2.24. The fourth-order valence-electron chi connectivity index (χ4n) is 4.08. The topological polar surface area (TPSA) is 74.5 Å². The van der Waals surface area contributed by atoms with E-state index in [0.29, 0.717) is 5.02 Å². The molecule has 150 valence electrons. The lowest BCUT2D eigenvalue weighted by Crippen LogP contribution is -2.41. The molecule has 1 N–H and O–H groups in total. The predicted octanol–water partition coefficient (Wildman–Crippen LogP) is 2.09. The quantitative estimate of drug-likeness (QED) is 0.842. The number of likely N-dealkylation sites (tertiary alicyclic amines) is 1. The Kier molecular flexibility index (Phi) is 5.94. The number of aliphatic hydroxyl groups is 1. The second kappa shape index (κ2) is 8.59. The Morgan fingerprint density at radius 3 is 2.68 bits per heavy atom. The van der Waals surface area contributed by atoms with E-state index in [1.807, 2.05) is 12.1 Å². The van der Waals surface area contributed by atoms with Crippen LogP contribution >= 0.6 is 11.6 Å². The molecule has 28 heavy (non-hydrogen) atoms. The van der Waals surface area contributed by atoms with Crippen molar-refractivity contribution in [2.45, 2.75) is 44.4 Å². The molecule has 2 aromatic heterocycles. The maximum absolute atomic E-state index is 12.7. The number of anilines is 1. The van der Waals surface area contributed by atoms with Crippen molar-refractivity contribution in [3.8, 4) is 0 Å². The number of nitrogens with zero attached hydrogens (tertiary/aromatic N) is 5. The molecule has 2 fully saturated rings. The second-order valence-corrected chi connectivity index (χ2v) is 8.15. The van der Waals surface area contributed by atoms with E-state index in [0.717, 1.165) is 69.8 Å². The third-order valence-electron chi connectivity index (χ3n) is 5.64. The summed E-state index contributed by atoms with van der Waals surface area (Å²) in [6, 6.07) is 5.56. The van der Waals surface area contributed by atoms with Crippen LogP contribution in [0.25, 0.3) is 0 Å². The van der Waals surface area contributed by atoms with Crippen molar-refractivity contribution in [2.24, 2.45) is 0 Å². The molecule has 8 heteroatoms. The number of pyridine rings is 1. The Morgan fingerprint density at radius 2 is 1.96 bits per heavy atom. The lowest BCUT2D eigenvalue weighted by atomic mass is 10.1. The number of piperidine rings is 2. The number of rotatable bonds is 4. The van der Waals surface area contributed by atoms with Crippen LogP contribution in [-0.2, 0) is 6.54 Å². The van der Waals surface area contributed by atoms with Crippen LogP contribution < -0.4 is 10.5 Å². The van der Waals surface area contributed by atoms with E-state index in [2.05, 4.69) is 19.9 Å². The molecule has 0 saturated carbocycles. The van der Waals surface area contributed by atoms with Gasteiger partial charge in [-0.05, 0) is 44.4 Å². The zero-order valence-electron chi connectivity index (χ0n) is 15.9. The summed E-state index contributed by atoms with van der Waals surface area (Å²) in [5.74, 6) is 0. The highest BCUT2D eigenvalue weighted by molar-refractivity contribution is 6.30. The van der Waals surface area contributed by atoms with Crippen LogP contribution in [0, 0.1) is 0 Å². The van der Waals surface area contributed by atoms with E-state index in [-0.39, 0.29) is 17.7 Å². The first-order valence-corrected chi connectivity index (χ1v) is 10.3. The minimum absolute atomic E-state index is 0.0555. The van der Waals surface area contributed by atoms with Crippen LogP contribution in [0.1, 0.15) is 37.4 Å². The Balaban J connectivity index is 1.43. The molecule has 0 amide bonds. The number of aromatic nitrogens is 3. The molecule has 0 bridgehead atoms. The molecule has 0 unspecified atom stereocenters. The standard InChI is InChI=1S/C20H26ClN5O2/c21-15-3-4-16(22-11-15)13-24-7-1-2-17(14-24)26-20(28)10-18(12-23-26)25-8-5-19(27)6-9-25/h3-4,10-12,17,19,27H,1-2,5-9,13-14H2/t17-/m0/s1. The lowest BCUT2D eigenvalue weighted by molar-refractivity contribution is 0.145. The van der Waals surface area contributed by atoms with Gasteiger partial charge in [-0.3, -0.25) is 14.7 Å². The average molecular weight is 404 g/mol. The lowest BCUT2D eigenvalue weighted by Gasteiger charge is -2.33. The third-order valence-corrected chi connectivity index (χ3v) is 5.87. The van der Waals surface area contributed by atoms with Crippen molar-refractivity contribution in [3.63, 3.8) is 0 Å². The van der Waals surface area contributed by atoms with Crippen molar-refractivity contribution < 1.29 is 5.11 Å². The predicted molar refractivity (Wildman–Crippen MR) is 109 cm³/mol. The summed E-state index contributed by atoms with van der Waals surface area (Å²) in [4.78, 5) is 21.6. The van der Waals surface area contributed by atoms with Gasteiger partial charge in [-0.15, -0.1) is 0 Å².